The van der Waals surface area contributed by atoms with Crippen LogP contribution >= 0.6 is 27.5 Å². The van der Waals surface area contributed by atoms with Crippen molar-refractivity contribution in [2.75, 3.05) is 11.9 Å². The first kappa shape index (κ1) is 12.7. The van der Waals surface area contributed by atoms with Gasteiger partial charge in [-0.1, -0.05) is 34.5 Å². The van der Waals surface area contributed by atoms with Gasteiger partial charge in [0.15, 0.2) is 0 Å². The van der Waals surface area contributed by atoms with Gasteiger partial charge in [-0.15, -0.1) is 0 Å². The lowest BCUT2D eigenvalue weighted by atomic mass is 10.1. The smallest absolute Gasteiger partial charge is 0.0912 e. The van der Waals surface area contributed by atoms with Crippen LogP contribution in [0.4, 0.5) is 5.69 Å². The van der Waals surface area contributed by atoms with E-state index in [1.165, 1.54) is 0 Å². The topological polar surface area (TPSA) is 24.9 Å². The fraction of sp³-hybridized carbons (Fsp3) is 0.308. The molecule has 4 heteroatoms. The van der Waals surface area contributed by atoms with Crippen LogP contribution in [-0.4, -0.2) is 11.5 Å². The number of benzene rings is 1. The lowest BCUT2D eigenvalue weighted by Gasteiger charge is -2.11. The summed E-state index contributed by atoms with van der Waals surface area (Å²) in [5, 5.41) is 5.10. The van der Waals surface area contributed by atoms with Crippen LogP contribution in [0.2, 0.25) is 5.02 Å². The Hall–Kier alpha value is -0.800. The summed E-state index contributed by atoms with van der Waals surface area (Å²) in [5.74, 6) is 0. The molecule has 0 aliphatic rings. The number of nitrogens with one attached hydrogen (secondary N) is 1. The Morgan fingerprint density at radius 3 is 2.71 bits per heavy atom. The lowest BCUT2D eigenvalue weighted by molar-refractivity contribution is 1.05. The summed E-state index contributed by atoms with van der Waals surface area (Å²) in [4.78, 5) is 4.58. The average Bonchev–Trinajstić information content (AvgIpc) is 2.30. The molecule has 90 valence electrons. The number of pyridine rings is 1. The molecule has 1 aromatic carbocycles. The lowest BCUT2D eigenvalue weighted by Crippen LogP contribution is -2.00. The van der Waals surface area contributed by atoms with E-state index in [1.54, 1.807) is 0 Å². The van der Waals surface area contributed by atoms with Crippen molar-refractivity contribution in [1.82, 2.24) is 4.98 Å². The second kappa shape index (κ2) is 5.23. The Labute approximate surface area is 115 Å². The first-order valence-corrected chi connectivity index (χ1v) is 6.85. The minimum absolute atomic E-state index is 0.684. The molecule has 1 heterocycles. The maximum absolute atomic E-state index is 6.24. The summed E-state index contributed by atoms with van der Waals surface area (Å²) in [6, 6.07) is 6.02. The standard InChI is InChI=1S/C13H14BrClN2/c1-3-9-7-12(16-4-2)10-5-8(14)6-11(15)13(10)17-9/h5-7H,3-4H2,1-2H3,(H,16,17). The molecule has 2 rings (SSSR count). The molecule has 0 aliphatic heterocycles. The summed E-state index contributed by atoms with van der Waals surface area (Å²) in [6.45, 7) is 5.06. The quantitative estimate of drug-likeness (QED) is 0.892. The van der Waals surface area contributed by atoms with Crippen LogP contribution in [0.5, 0.6) is 0 Å². The summed E-state index contributed by atoms with van der Waals surface area (Å²) < 4.78 is 0.972. The Morgan fingerprint density at radius 1 is 1.29 bits per heavy atom. The van der Waals surface area contributed by atoms with E-state index in [-0.39, 0.29) is 0 Å². The largest absolute Gasteiger partial charge is 0.385 e. The SMILES string of the molecule is CCNc1cc(CC)nc2c(Cl)cc(Br)cc12. The van der Waals surface area contributed by atoms with Gasteiger partial charge in [0.05, 0.1) is 10.5 Å². The maximum Gasteiger partial charge on any atom is 0.0912 e. The zero-order valence-corrected chi connectivity index (χ0v) is 12.2. The highest BCUT2D eigenvalue weighted by Crippen LogP contribution is 2.32. The number of rotatable bonds is 3. The van der Waals surface area contributed by atoms with E-state index in [9.17, 15) is 0 Å². The molecular formula is C13H14BrClN2. The van der Waals surface area contributed by atoms with Gasteiger partial charge < -0.3 is 5.32 Å². The van der Waals surface area contributed by atoms with E-state index in [4.69, 9.17) is 11.6 Å². The van der Waals surface area contributed by atoms with E-state index in [2.05, 4.69) is 46.1 Å². The molecule has 0 atom stereocenters. The summed E-state index contributed by atoms with van der Waals surface area (Å²) in [6.07, 6.45) is 0.903. The zero-order valence-electron chi connectivity index (χ0n) is 9.85. The van der Waals surface area contributed by atoms with Crippen molar-refractivity contribution in [3.8, 4) is 0 Å². The van der Waals surface area contributed by atoms with Gasteiger partial charge in [-0.3, -0.25) is 4.98 Å². The number of aryl methyl sites for hydroxylation is 1. The monoisotopic (exact) mass is 312 g/mol. The normalized spacial score (nSPS) is 10.8. The molecule has 0 aliphatic carbocycles. The van der Waals surface area contributed by atoms with Gasteiger partial charge in [0.25, 0.3) is 0 Å². The fourth-order valence-corrected chi connectivity index (χ4v) is 2.67. The van der Waals surface area contributed by atoms with Crippen molar-refractivity contribution >= 4 is 44.1 Å². The van der Waals surface area contributed by atoms with Crippen molar-refractivity contribution < 1.29 is 0 Å². The molecule has 1 aromatic heterocycles. The van der Waals surface area contributed by atoms with E-state index >= 15 is 0 Å². The van der Waals surface area contributed by atoms with E-state index in [0.717, 1.165) is 39.7 Å². The third-order valence-corrected chi connectivity index (χ3v) is 3.36. The van der Waals surface area contributed by atoms with Crippen LogP contribution in [0, 0.1) is 0 Å². The van der Waals surface area contributed by atoms with Crippen molar-refractivity contribution in [1.29, 1.82) is 0 Å². The second-order valence-corrected chi connectivity index (χ2v) is 5.15. The third kappa shape index (κ3) is 2.55. The first-order valence-electron chi connectivity index (χ1n) is 5.68. The average molecular weight is 314 g/mol. The summed E-state index contributed by atoms with van der Waals surface area (Å²) >= 11 is 9.71. The predicted molar refractivity (Wildman–Crippen MR) is 78.0 cm³/mol. The number of fused-ring (bicyclic) bond motifs is 1. The summed E-state index contributed by atoms with van der Waals surface area (Å²) in [5.41, 5.74) is 3.01. The molecular weight excluding hydrogens is 300 g/mol. The number of hydrogen-bond donors (Lipinski definition) is 1. The predicted octanol–water partition coefficient (Wildman–Crippen LogP) is 4.64. The van der Waals surface area contributed by atoms with Crippen LogP contribution < -0.4 is 5.32 Å². The number of halogens is 2. The molecule has 0 unspecified atom stereocenters. The highest BCUT2D eigenvalue weighted by Gasteiger charge is 2.09. The van der Waals surface area contributed by atoms with Crippen LogP contribution in [0.1, 0.15) is 19.5 Å². The molecule has 2 aromatic rings. The van der Waals surface area contributed by atoms with Gasteiger partial charge >= 0.3 is 0 Å². The molecule has 0 saturated carbocycles. The molecule has 0 saturated heterocycles. The Bertz CT molecular complexity index is 555. The van der Waals surface area contributed by atoms with Gasteiger partial charge in [-0.05, 0) is 31.5 Å². The molecule has 1 N–H and O–H groups in total. The van der Waals surface area contributed by atoms with E-state index in [1.807, 2.05) is 12.1 Å². The van der Waals surface area contributed by atoms with E-state index < -0.39 is 0 Å². The molecule has 0 bridgehead atoms. The number of anilines is 1. The van der Waals surface area contributed by atoms with Crippen molar-refractivity contribution in [2.24, 2.45) is 0 Å². The molecule has 0 spiro atoms. The Morgan fingerprint density at radius 2 is 2.06 bits per heavy atom. The fourth-order valence-electron chi connectivity index (χ4n) is 1.82. The highest BCUT2D eigenvalue weighted by molar-refractivity contribution is 9.10. The van der Waals surface area contributed by atoms with Crippen molar-refractivity contribution in [3.63, 3.8) is 0 Å². The third-order valence-electron chi connectivity index (χ3n) is 2.61. The number of nitrogens with zero attached hydrogens (tertiary/aromatic N) is 1. The van der Waals surface area contributed by atoms with Crippen LogP contribution in [0.25, 0.3) is 10.9 Å². The Balaban J connectivity index is 2.76. The summed E-state index contributed by atoms with van der Waals surface area (Å²) in [7, 11) is 0. The molecule has 0 radical (unpaired) electrons. The molecule has 2 nitrogen and oxygen atoms in total. The minimum atomic E-state index is 0.684. The minimum Gasteiger partial charge on any atom is -0.385 e. The molecule has 17 heavy (non-hydrogen) atoms. The van der Waals surface area contributed by atoms with E-state index in [0.29, 0.717) is 5.02 Å². The van der Waals surface area contributed by atoms with Gasteiger partial charge in [0, 0.05) is 27.8 Å². The number of hydrogen-bond acceptors (Lipinski definition) is 2. The molecule has 0 amide bonds. The van der Waals surface area contributed by atoms with Gasteiger partial charge in [-0.25, -0.2) is 0 Å². The highest BCUT2D eigenvalue weighted by atomic mass is 79.9. The van der Waals surface area contributed by atoms with Crippen LogP contribution in [0.3, 0.4) is 0 Å². The van der Waals surface area contributed by atoms with Crippen molar-refractivity contribution in [2.45, 2.75) is 20.3 Å². The Kier molecular flexibility index (Phi) is 3.89. The second-order valence-electron chi connectivity index (χ2n) is 3.83. The van der Waals surface area contributed by atoms with Gasteiger partial charge in [-0.2, -0.15) is 0 Å². The van der Waals surface area contributed by atoms with Crippen LogP contribution in [0.15, 0.2) is 22.7 Å². The zero-order chi connectivity index (χ0) is 12.4. The van der Waals surface area contributed by atoms with Gasteiger partial charge in [0.1, 0.15) is 0 Å². The molecule has 0 fully saturated rings. The van der Waals surface area contributed by atoms with Crippen molar-refractivity contribution in [3.05, 3.63) is 33.4 Å². The van der Waals surface area contributed by atoms with Gasteiger partial charge in [0.2, 0.25) is 0 Å². The number of aromatic nitrogens is 1. The first-order chi connectivity index (χ1) is 8.15. The maximum atomic E-state index is 6.24. The van der Waals surface area contributed by atoms with Crippen LogP contribution in [-0.2, 0) is 6.42 Å².